The van der Waals surface area contributed by atoms with E-state index in [0.717, 1.165) is 18.9 Å². The van der Waals surface area contributed by atoms with Crippen LogP contribution in [0.15, 0.2) is 60.7 Å². The molecule has 3 rings (SSSR count). The second kappa shape index (κ2) is 9.10. The third-order valence-corrected chi connectivity index (χ3v) is 4.66. The van der Waals surface area contributed by atoms with Gasteiger partial charge in [-0.2, -0.15) is 0 Å². The van der Waals surface area contributed by atoms with Crippen molar-refractivity contribution in [2.75, 3.05) is 6.61 Å². The van der Waals surface area contributed by atoms with Crippen molar-refractivity contribution in [3.63, 3.8) is 0 Å². The van der Waals surface area contributed by atoms with Crippen LogP contribution in [0.4, 0.5) is 0 Å². The summed E-state index contributed by atoms with van der Waals surface area (Å²) in [6.07, 6.45) is 1.58. The van der Waals surface area contributed by atoms with Crippen LogP contribution in [0.2, 0.25) is 0 Å². The first kappa shape index (κ1) is 20.2. The Morgan fingerprint density at radius 3 is 2.38 bits per heavy atom. The van der Waals surface area contributed by atoms with E-state index >= 15 is 0 Å². The first-order valence-electron chi connectivity index (χ1n) is 9.40. The maximum absolute atomic E-state index is 12.3. The topological polar surface area (TPSA) is 95.9 Å². The first-order valence-corrected chi connectivity index (χ1v) is 9.40. The van der Waals surface area contributed by atoms with Crippen LogP contribution < -0.4 is 5.32 Å². The molecule has 0 spiro atoms. The standard InChI is InChI=1S/C23H23NO5/c1-15(11-12-16-7-3-2-4-8-16)24-21(26)14-29-23(28)19-13-20(25)17-9-5-6-10-18(17)22(19)27/h2-10,13,15,25,27H,11-12,14H2,1H3,(H,24,26)/t15-/m1/s1. The molecule has 3 aromatic carbocycles. The largest absolute Gasteiger partial charge is 0.507 e. The van der Waals surface area contributed by atoms with Crippen molar-refractivity contribution in [1.29, 1.82) is 0 Å². The van der Waals surface area contributed by atoms with E-state index in [4.69, 9.17) is 4.74 Å². The van der Waals surface area contributed by atoms with Crippen molar-refractivity contribution >= 4 is 22.6 Å². The zero-order chi connectivity index (χ0) is 20.8. The van der Waals surface area contributed by atoms with Gasteiger partial charge >= 0.3 is 5.97 Å². The van der Waals surface area contributed by atoms with Crippen LogP contribution in [0.1, 0.15) is 29.3 Å². The molecule has 0 aliphatic heterocycles. The van der Waals surface area contributed by atoms with Crippen LogP contribution in [-0.2, 0) is 16.0 Å². The van der Waals surface area contributed by atoms with Crippen molar-refractivity contribution < 1.29 is 24.5 Å². The minimum absolute atomic E-state index is 0.0838. The number of aryl methyl sites for hydroxylation is 1. The summed E-state index contributed by atoms with van der Waals surface area (Å²) >= 11 is 0. The van der Waals surface area contributed by atoms with E-state index in [2.05, 4.69) is 5.32 Å². The summed E-state index contributed by atoms with van der Waals surface area (Å²) in [6, 6.07) is 17.6. The number of esters is 1. The van der Waals surface area contributed by atoms with Crippen LogP contribution in [0.25, 0.3) is 10.8 Å². The van der Waals surface area contributed by atoms with Crippen molar-refractivity contribution in [1.82, 2.24) is 5.32 Å². The minimum Gasteiger partial charge on any atom is -0.507 e. The molecule has 1 atom stereocenters. The predicted molar refractivity (Wildman–Crippen MR) is 110 cm³/mol. The van der Waals surface area contributed by atoms with Gasteiger partial charge in [0.05, 0.1) is 0 Å². The number of aromatic hydroxyl groups is 2. The number of fused-ring (bicyclic) bond motifs is 1. The number of rotatable bonds is 7. The Kier molecular flexibility index (Phi) is 6.34. The average molecular weight is 393 g/mol. The Bertz CT molecular complexity index is 1020. The van der Waals surface area contributed by atoms with Crippen molar-refractivity contribution in [2.45, 2.75) is 25.8 Å². The highest BCUT2D eigenvalue weighted by Gasteiger charge is 2.19. The van der Waals surface area contributed by atoms with E-state index in [1.165, 1.54) is 5.56 Å². The lowest BCUT2D eigenvalue weighted by molar-refractivity contribution is -0.124. The van der Waals surface area contributed by atoms with E-state index in [0.29, 0.717) is 10.8 Å². The summed E-state index contributed by atoms with van der Waals surface area (Å²) in [7, 11) is 0. The molecule has 0 radical (unpaired) electrons. The molecule has 3 aromatic rings. The maximum atomic E-state index is 12.3. The minimum atomic E-state index is -0.879. The maximum Gasteiger partial charge on any atom is 0.342 e. The van der Waals surface area contributed by atoms with Gasteiger partial charge in [0.2, 0.25) is 0 Å². The fourth-order valence-corrected chi connectivity index (χ4v) is 3.12. The number of carbonyl (C=O) groups is 2. The number of carbonyl (C=O) groups excluding carboxylic acids is 2. The molecular weight excluding hydrogens is 370 g/mol. The molecule has 6 nitrogen and oxygen atoms in total. The second-order valence-electron chi connectivity index (χ2n) is 6.91. The monoisotopic (exact) mass is 393 g/mol. The molecular formula is C23H23NO5. The van der Waals surface area contributed by atoms with E-state index < -0.39 is 18.5 Å². The van der Waals surface area contributed by atoms with Gasteiger partial charge in [0.15, 0.2) is 6.61 Å². The highest BCUT2D eigenvalue weighted by molar-refractivity contribution is 6.04. The Morgan fingerprint density at radius 2 is 1.66 bits per heavy atom. The highest BCUT2D eigenvalue weighted by Crippen LogP contribution is 2.35. The van der Waals surface area contributed by atoms with Gasteiger partial charge in [-0.1, -0.05) is 54.6 Å². The zero-order valence-electron chi connectivity index (χ0n) is 16.1. The Labute approximate surface area is 168 Å². The van der Waals surface area contributed by atoms with Gasteiger partial charge in [0.1, 0.15) is 17.1 Å². The molecule has 0 aromatic heterocycles. The van der Waals surface area contributed by atoms with Gasteiger partial charge in [-0.3, -0.25) is 4.79 Å². The molecule has 150 valence electrons. The van der Waals surface area contributed by atoms with Gasteiger partial charge < -0.3 is 20.3 Å². The number of amides is 1. The SMILES string of the molecule is C[C@H](CCc1ccccc1)NC(=O)COC(=O)c1cc(O)c2ccccc2c1O. The Balaban J connectivity index is 1.54. The van der Waals surface area contributed by atoms with E-state index in [1.54, 1.807) is 24.3 Å². The molecule has 0 saturated carbocycles. The molecule has 0 saturated heterocycles. The lowest BCUT2D eigenvalue weighted by Gasteiger charge is -2.14. The molecule has 3 N–H and O–H groups in total. The van der Waals surface area contributed by atoms with E-state index in [-0.39, 0.29) is 23.1 Å². The number of benzene rings is 3. The molecule has 0 bridgehead atoms. The molecule has 6 heteroatoms. The fourth-order valence-electron chi connectivity index (χ4n) is 3.12. The van der Waals surface area contributed by atoms with Crippen LogP contribution in [0, 0.1) is 0 Å². The van der Waals surface area contributed by atoms with Crippen LogP contribution in [0.3, 0.4) is 0 Å². The number of hydrogen-bond donors (Lipinski definition) is 3. The van der Waals surface area contributed by atoms with Crippen LogP contribution in [-0.4, -0.2) is 34.7 Å². The van der Waals surface area contributed by atoms with Crippen molar-refractivity contribution in [2.24, 2.45) is 0 Å². The summed E-state index contributed by atoms with van der Waals surface area (Å²) in [4.78, 5) is 24.4. The summed E-state index contributed by atoms with van der Waals surface area (Å²) < 4.78 is 5.02. The molecule has 29 heavy (non-hydrogen) atoms. The van der Waals surface area contributed by atoms with Crippen molar-refractivity contribution in [3.05, 3.63) is 71.8 Å². The number of phenolic OH excluding ortho intramolecular Hbond substituents is 2. The molecule has 0 unspecified atom stereocenters. The second-order valence-corrected chi connectivity index (χ2v) is 6.91. The van der Waals surface area contributed by atoms with Crippen molar-refractivity contribution in [3.8, 4) is 11.5 Å². The molecule has 0 aliphatic rings. The molecule has 0 fully saturated rings. The lowest BCUT2D eigenvalue weighted by atomic mass is 10.0. The van der Waals surface area contributed by atoms with Gasteiger partial charge in [-0.25, -0.2) is 4.79 Å². The summed E-state index contributed by atoms with van der Waals surface area (Å²) in [5.74, 6) is -1.75. The zero-order valence-corrected chi connectivity index (χ0v) is 16.1. The third-order valence-electron chi connectivity index (χ3n) is 4.66. The average Bonchev–Trinajstić information content (AvgIpc) is 2.74. The Morgan fingerprint density at radius 1 is 1.00 bits per heavy atom. The Hall–Kier alpha value is -3.54. The summed E-state index contributed by atoms with van der Waals surface area (Å²) in [5.41, 5.74) is 0.998. The van der Waals surface area contributed by atoms with Gasteiger partial charge in [0, 0.05) is 16.8 Å². The lowest BCUT2D eigenvalue weighted by Crippen LogP contribution is -2.36. The van der Waals surface area contributed by atoms with Crippen LogP contribution in [0.5, 0.6) is 11.5 Å². The summed E-state index contributed by atoms with van der Waals surface area (Å²) in [6.45, 7) is 1.41. The van der Waals surface area contributed by atoms with Gasteiger partial charge in [-0.15, -0.1) is 0 Å². The van der Waals surface area contributed by atoms with E-state index in [1.807, 2.05) is 37.3 Å². The number of hydrogen-bond acceptors (Lipinski definition) is 5. The summed E-state index contributed by atoms with van der Waals surface area (Å²) in [5, 5.41) is 23.9. The number of nitrogens with one attached hydrogen (secondary N) is 1. The normalized spacial score (nSPS) is 11.8. The highest BCUT2D eigenvalue weighted by atomic mass is 16.5. The third kappa shape index (κ3) is 5.04. The predicted octanol–water partition coefficient (Wildman–Crippen LogP) is 3.55. The quantitative estimate of drug-likeness (QED) is 0.421. The first-order chi connectivity index (χ1) is 14.0. The van der Waals surface area contributed by atoms with E-state index in [9.17, 15) is 19.8 Å². The smallest absolute Gasteiger partial charge is 0.342 e. The van der Waals surface area contributed by atoms with Crippen LogP contribution >= 0.6 is 0 Å². The molecule has 1 amide bonds. The van der Waals surface area contributed by atoms with Gasteiger partial charge in [-0.05, 0) is 31.4 Å². The molecule has 0 aliphatic carbocycles. The van der Waals surface area contributed by atoms with Gasteiger partial charge in [0.25, 0.3) is 5.91 Å². The number of ether oxygens (including phenoxy) is 1. The molecule has 0 heterocycles. The number of phenols is 2. The fraction of sp³-hybridized carbons (Fsp3) is 0.217.